The number of nitrogens with two attached hydrogens (primary N) is 1. The summed E-state index contributed by atoms with van der Waals surface area (Å²) in [5.74, 6) is 1.44. The zero-order valence-electron chi connectivity index (χ0n) is 9.29. The minimum absolute atomic E-state index is 0.130. The first-order valence-electron chi connectivity index (χ1n) is 5.54. The van der Waals surface area contributed by atoms with E-state index in [1.807, 2.05) is 6.07 Å². The second kappa shape index (κ2) is 4.08. The summed E-state index contributed by atoms with van der Waals surface area (Å²) in [7, 11) is 0. The number of hydrogen-bond donors (Lipinski definition) is 1. The standard InChI is InChI=1S/C12H18ClNS/c1-8-5-9(2)7-12(14,6-8)10-3-4-11(13)15-10/h3-4,8-9H,5-7,14H2,1-2H3. The maximum atomic E-state index is 6.53. The topological polar surface area (TPSA) is 26.0 Å². The third-order valence-corrected chi connectivity index (χ3v) is 4.75. The molecule has 3 heteroatoms. The van der Waals surface area contributed by atoms with Crippen LogP contribution in [0.5, 0.6) is 0 Å². The van der Waals surface area contributed by atoms with Crippen LogP contribution in [0.4, 0.5) is 0 Å². The number of hydrogen-bond acceptors (Lipinski definition) is 2. The Morgan fingerprint density at radius 1 is 1.33 bits per heavy atom. The predicted octanol–water partition coefficient (Wildman–Crippen LogP) is 4.01. The molecule has 0 amide bonds. The van der Waals surface area contributed by atoms with Crippen LogP contribution in [0.2, 0.25) is 4.34 Å². The molecular formula is C12H18ClNS. The van der Waals surface area contributed by atoms with Crippen LogP contribution < -0.4 is 5.73 Å². The van der Waals surface area contributed by atoms with E-state index in [9.17, 15) is 0 Å². The highest BCUT2D eigenvalue weighted by atomic mass is 35.5. The maximum absolute atomic E-state index is 6.53. The van der Waals surface area contributed by atoms with Crippen molar-refractivity contribution in [3.8, 4) is 0 Å². The molecule has 1 heterocycles. The lowest BCUT2D eigenvalue weighted by Crippen LogP contribution is -2.42. The molecule has 0 aromatic carbocycles. The highest BCUT2D eigenvalue weighted by Crippen LogP contribution is 2.43. The van der Waals surface area contributed by atoms with E-state index in [2.05, 4.69) is 19.9 Å². The van der Waals surface area contributed by atoms with Gasteiger partial charge in [0.15, 0.2) is 0 Å². The van der Waals surface area contributed by atoms with Crippen molar-refractivity contribution in [1.82, 2.24) is 0 Å². The van der Waals surface area contributed by atoms with Crippen molar-refractivity contribution in [2.45, 2.75) is 38.6 Å². The van der Waals surface area contributed by atoms with Crippen molar-refractivity contribution in [1.29, 1.82) is 0 Å². The van der Waals surface area contributed by atoms with E-state index < -0.39 is 0 Å². The van der Waals surface area contributed by atoms with Gasteiger partial charge in [0.1, 0.15) is 0 Å². The molecule has 1 saturated carbocycles. The second-order valence-corrected chi connectivity index (χ2v) is 6.83. The van der Waals surface area contributed by atoms with E-state index in [-0.39, 0.29) is 5.54 Å². The van der Waals surface area contributed by atoms with Crippen molar-refractivity contribution < 1.29 is 0 Å². The van der Waals surface area contributed by atoms with E-state index >= 15 is 0 Å². The van der Waals surface area contributed by atoms with Gasteiger partial charge >= 0.3 is 0 Å². The molecule has 2 unspecified atom stereocenters. The van der Waals surface area contributed by atoms with Crippen molar-refractivity contribution in [2.24, 2.45) is 17.6 Å². The molecule has 2 N–H and O–H groups in total. The summed E-state index contributed by atoms with van der Waals surface area (Å²) in [5, 5.41) is 0. The molecule has 1 aromatic heterocycles. The molecule has 0 aliphatic heterocycles. The summed E-state index contributed by atoms with van der Waals surface area (Å²) < 4.78 is 0.848. The molecule has 2 atom stereocenters. The number of thiophene rings is 1. The average Bonchev–Trinajstić information content (AvgIpc) is 2.49. The Morgan fingerprint density at radius 2 is 1.93 bits per heavy atom. The average molecular weight is 244 g/mol. The van der Waals surface area contributed by atoms with Gasteiger partial charge in [-0.25, -0.2) is 0 Å². The van der Waals surface area contributed by atoms with Gasteiger partial charge in [0, 0.05) is 4.88 Å². The van der Waals surface area contributed by atoms with Crippen LogP contribution >= 0.6 is 22.9 Å². The molecule has 0 bridgehead atoms. The molecule has 1 aliphatic carbocycles. The van der Waals surface area contributed by atoms with Crippen LogP contribution in [-0.4, -0.2) is 0 Å². The lowest BCUT2D eigenvalue weighted by Gasteiger charge is -2.39. The summed E-state index contributed by atoms with van der Waals surface area (Å²) in [6, 6.07) is 4.05. The van der Waals surface area contributed by atoms with Gasteiger partial charge in [-0.1, -0.05) is 25.4 Å². The summed E-state index contributed by atoms with van der Waals surface area (Å²) in [6.07, 6.45) is 3.49. The monoisotopic (exact) mass is 243 g/mol. The van der Waals surface area contributed by atoms with Gasteiger partial charge < -0.3 is 5.73 Å². The van der Waals surface area contributed by atoms with Gasteiger partial charge in [0.2, 0.25) is 0 Å². The van der Waals surface area contributed by atoms with Gasteiger partial charge in [0.05, 0.1) is 9.88 Å². The molecule has 84 valence electrons. The quantitative estimate of drug-likeness (QED) is 0.793. The molecule has 0 saturated heterocycles. The molecule has 1 aromatic rings. The van der Waals surface area contributed by atoms with Crippen LogP contribution in [0.25, 0.3) is 0 Å². The molecule has 1 nitrogen and oxygen atoms in total. The molecule has 0 radical (unpaired) electrons. The summed E-state index contributed by atoms with van der Waals surface area (Å²) in [5.41, 5.74) is 6.40. The van der Waals surface area contributed by atoms with E-state index in [0.717, 1.165) is 29.0 Å². The van der Waals surface area contributed by atoms with Gasteiger partial charge in [-0.05, 0) is 43.2 Å². The Labute approximate surface area is 101 Å². The van der Waals surface area contributed by atoms with Crippen molar-refractivity contribution in [2.75, 3.05) is 0 Å². The van der Waals surface area contributed by atoms with Gasteiger partial charge in [-0.3, -0.25) is 0 Å². The lowest BCUT2D eigenvalue weighted by atomic mass is 9.71. The van der Waals surface area contributed by atoms with Crippen LogP contribution in [0, 0.1) is 11.8 Å². The smallest absolute Gasteiger partial charge is 0.0931 e. The van der Waals surface area contributed by atoms with Crippen LogP contribution in [-0.2, 0) is 5.54 Å². The fourth-order valence-corrected chi connectivity index (χ4v) is 4.13. The van der Waals surface area contributed by atoms with Crippen LogP contribution in [0.15, 0.2) is 12.1 Å². The summed E-state index contributed by atoms with van der Waals surface area (Å²) in [4.78, 5) is 1.26. The minimum Gasteiger partial charge on any atom is -0.321 e. The third kappa shape index (κ3) is 2.38. The highest BCUT2D eigenvalue weighted by molar-refractivity contribution is 7.16. The van der Waals surface area contributed by atoms with E-state index in [0.29, 0.717) is 0 Å². The lowest BCUT2D eigenvalue weighted by molar-refractivity contribution is 0.187. The maximum Gasteiger partial charge on any atom is 0.0931 e. The predicted molar refractivity (Wildman–Crippen MR) is 67.4 cm³/mol. The zero-order chi connectivity index (χ0) is 11.1. The normalized spacial score (nSPS) is 36.8. The van der Waals surface area contributed by atoms with Gasteiger partial charge in [-0.2, -0.15) is 0 Å². The summed E-state index contributed by atoms with van der Waals surface area (Å²) in [6.45, 7) is 4.60. The molecule has 1 fully saturated rings. The minimum atomic E-state index is -0.130. The Morgan fingerprint density at radius 3 is 2.40 bits per heavy atom. The van der Waals surface area contributed by atoms with Crippen molar-refractivity contribution >= 4 is 22.9 Å². The fourth-order valence-electron chi connectivity index (χ4n) is 2.96. The van der Waals surface area contributed by atoms with Crippen molar-refractivity contribution in [3.05, 3.63) is 21.3 Å². The number of halogens is 1. The van der Waals surface area contributed by atoms with Gasteiger partial charge in [0.25, 0.3) is 0 Å². The number of rotatable bonds is 1. The zero-order valence-corrected chi connectivity index (χ0v) is 10.9. The molecule has 15 heavy (non-hydrogen) atoms. The first kappa shape index (κ1) is 11.4. The highest BCUT2D eigenvalue weighted by Gasteiger charge is 2.36. The Kier molecular flexibility index (Phi) is 3.11. The van der Waals surface area contributed by atoms with E-state index in [1.54, 1.807) is 11.3 Å². The SMILES string of the molecule is CC1CC(C)CC(N)(c2ccc(Cl)s2)C1. The van der Waals surface area contributed by atoms with Crippen molar-refractivity contribution in [3.63, 3.8) is 0 Å². The first-order chi connectivity index (χ1) is 6.99. The second-order valence-electron chi connectivity index (χ2n) is 5.11. The molecule has 2 rings (SSSR count). The van der Waals surface area contributed by atoms with Gasteiger partial charge in [-0.15, -0.1) is 11.3 Å². The third-order valence-electron chi connectivity index (χ3n) is 3.29. The van der Waals surface area contributed by atoms with Crippen LogP contribution in [0.3, 0.4) is 0 Å². The molecule has 0 spiro atoms. The molecular weight excluding hydrogens is 226 g/mol. The molecule has 1 aliphatic rings. The fraction of sp³-hybridized carbons (Fsp3) is 0.667. The largest absolute Gasteiger partial charge is 0.321 e. The Hall–Kier alpha value is -0.0500. The van der Waals surface area contributed by atoms with E-state index in [4.69, 9.17) is 17.3 Å². The van der Waals surface area contributed by atoms with E-state index in [1.165, 1.54) is 11.3 Å². The summed E-state index contributed by atoms with van der Waals surface area (Å²) >= 11 is 7.61. The first-order valence-corrected chi connectivity index (χ1v) is 6.74. The van der Waals surface area contributed by atoms with Crippen LogP contribution in [0.1, 0.15) is 38.0 Å². The Balaban J connectivity index is 2.25. The Bertz CT molecular complexity index is 337.